The number of amides is 2. The number of carbonyl (C=O) groups is 2. The van der Waals surface area contributed by atoms with Gasteiger partial charge in [-0.3, -0.25) is 4.79 Å². The molecule has 0 aliphatic carbocycles. The summed E-state index contributed by atoms with van der Waals surface area (Å²) in [4.78, 5) is 29.9. The lowest BCUT2D eigenvalue weighted by Gasteiger charge is -2.33. The number of para-hydroxylation sites is 1. The van der Waals surface area contributed by atoms with Crippen LogP contribution >= 0.6 is 0 Å². The Morgan fingerprint density at radius 2 is 2.08 bits per heavy atom. The van der Waals surface area contributed by atoms with Crippen molar-refractivity contribution in [1.29, 1.82) is 0 Å². The van der Waals surface area contributed by atoms with E-state index in [1.807, 2.05) is 51.2 Å². The molecule has 1 atom stereocenters. The van der Waals surface area contributed by atoms with Gasteiger partial charge in [-0.2, -0.15) is 0 Å². The van der Waals surface area contributed by atoms with E-state index in [1.165, 1.54) is 0 Å². The lowest BCUT2D eigenvalue weighted by molar-refractivity contribution is 0.0452. The Balaban J connectivity index is 1.68. The summed E-state index contributed by atoms with van der Waals surface area (Å²) < 4.78 is 5.31. The van der Waals surface area contributed by atoms with E-state index >= 15 is 0 Å². The zero-order valence-corrected chi connectivity index (χ0v) is 15.0. The topological polar surface area (TPSA) is 74.4 Å². The molecule has 6 heteroatoms. The number of fused-ring (bicyclic) bond motifs is 1. The highest BCUT2D eigenvalue weighted by Gasteiger charge is 2.28. The van der Waals surface area contributed by atoms with E-state index in [4.69, 9.17) is 4.74 Å². The first-order valence-corrected chi connectivity index (χ1v) is 8.68. The average Bonchev–Trinajstić information content (AvgIpc) is 3.01. The summed E-state index contributed by atoms with van der Waals surface area (Å²) in [5.74, 6) is -0.0104. The minimum absolute atomic E-state index is 0.0104. The smallest absolute Gasteiger partial charge is 0.407 e. The van der Waals surface area contributed by atoms with Gasteiger partial charge in [-0.25, -0.2) is 4.79 Å². The van der Waals surface area contributed by atoms with Crippen LogP contribution in [0, 0.1) is 0 Å². The van der Waals surface area contributed by atoms with E-state index in [-0.39, 0.29) is 11.9 Å². The van der Waals surface area contributed by atoms with Crippen molar-refractivity contribution in [2.24, 2.45) is 0 Å². The van der Waals surface area contributed by atoms with Crippen molar-refractivity contribution < 1.29 is 14.3 Å². The molecule has 2 heterocycles. The van der Waals surface area contributed by atoms with Gasteiger partial charge in [-0.15, -0.1) is 0 Å². The standard InChI is InChI=1S/C19H25N3O3/c1-19(2,3)25-18(24)21-14-7-5-11-22(12-14)17(23)15-8-4-6-13-9-10-20-16(13)15/h4,6,8-10,14,20H,5,7,11-12H2,1-3H3,(H,21,24)/t14-/m1/s1. The summed E-state index contributed by atoms with van der Waals surface area (Å²) in [5, 5.41) is 3.90. The minimum atomic E-state index is -0.530. The van der Waals surface area contributed by atoms with Crippen LogP contribution in [0.2, 0.25) is 0 Å². The minimum Gasteiger partial charge on any atom is -0.444 e. The van der Waals surface area contributed by atoms with E-state index in [9.17, 15) is 9.59 Å². The Hall–Kier alpha value is -2.50. The Kier molecular flexibility index (Phi) is 4.70. The SMILES string of the molecule is CC(C)(C)OC(=O)N[C@@H]1CCCN(C(=O)c2cccc3cc[nH]c23)C1. The molecule has 0 saturated carbocycles. The van der Waals surface area contributed by atoms with Crippen LogP contribution in [-0.2, 0) is 4.74 Å². The fraction of sp³-hybridized carbons (Fsp3) is 0.474. The van der Waals surface area contributed by atoms with Crippen molar-refractivity contribution >= 4 is 22.9 Å². The molecule has 1 aliphatic rings. The van der Waals surface area contributed by atoms with Crippen LogP contribution in [0.5, 0.6) is 0 Å². The molecule has 0 radical (unpaired) electrons. The number of rotatable bonds is 2. The van der Waals surface area contributed by atoms with Crippen LogP contribution in [0.4, 0.5) is 4.79 Å². The number of benzene rings is 1. The van der Waals surface area contributed by atoms with E-state index in [1.54, 1.807) is 4.90 Å². The summed E-state index contributed by atoms with van der Waals surface area (Å²) >= 11 is 0. The molecule has 0 bridgehead atoms. The molecule has 1 aliphatic heterocycles. The first-order valence-electron chi connectivity index (χ1n) is 8.68. The number of aromatic amines is 1. The second kappa shape index (κ2) is 6.78. The van der Waals surface area contributed by atoms with Gasteiger partial charge in [0.05, 0.1) is 11.1 Å². The van der Waals surface area contributed by atoms with E-state index in [0.717, 1.165) is 23.7 Å². The molecule has 6 nitrogen and oxygen atoms in total. The first-order chi connectivity index (χ1) is 11.8. The molecule has 1 aromatic heterocycles. The van der Waals surface area contributed by atoms with Crippen LogP contribution in [0.1, 0.15) is 44.0 Å². The van der Waals surface area contributed by atoms with E-state index in [2.05, 4.69) is 10.3 Å². The molecule has 0 spiro atoms. The monoisotopic (exact) mass is 343 g/mol. The number of aromatic nitrogens is 1. The maximum absolute atomic E-state index is 12.9. The van der Waals surface area contributed by atoms with Crippen LogP contribution in [0.25, 0.3) is 10.9 Å². The van der Waals surface area contributed by atoms with Crippen LogP contribution in [0.3, 0.4) is 0 Å². The number of ether oxygens (including phenoxy) is 1. The Labute approximate surface area is 147 Å². The predicted molar refractivity (Wildman–Crippen MR) is 96.6 cm³/mol. The van der Waals surface area contributed by atoms with Gasteiger partial charge in [-0.1, -0.05) is 12.1 Å². The number of nitrogens with zero attached hydrogens (tertiary/aromatic N) is 1. The number of carbonyl (C=O) groups excluding carboxylic acids is 2. The first kappa shape index (κ1) is 17.3. The molecule has 1 saturated heterocycles. The van der Waals surface area contributed by atoms with Crippen molar-refractivity contribution in [1.82, 2.24) is 15.2 Å². The van der Waals surface area contributed by atoms with Gasteiger partial charge >= 0.3 is 6.09 Å². The lowest BCUT2D eigenvalue weighted by Crippen LogP contribution is -2.50. The zero-order chi connectivity index (χ0) is 18.0. The Morgan fingerprint density at radius 3 is 2.84 bits per heavy atom. The largest absolute Gasteiger partial charge is 0.444 e. The third kappa shape index (κ3) is 4.13. The molecule has 1 aromatic carbocycles. The summed E-state index contributed by atoms with van der Waals surface area (Å²) in [6, 6.07) is 7.58. The summed E-state index contributed by atoms with van der Waals surface area (Å²) in [5.41, 5.74) is 0.993. The second-order valence-corrected chi connectivity index (χ2v) is 7.48. The molecule has 2 N–H and O–H groups in total. The molecular weight excluding hydrogens is 318 g/mol. The van der Waals surface area contributed by atoms with Gasteiger partial charge in [0.25, 0.3) is 5.91 Å². The van der Waals surface area contributed by atoms with Crippen molar-refractivity contribution in [3.63, 3.8) is 0 Å². The molecule has 2 amide bonds. The highest BCUT2D eigenvalue weighted by molar-refractivity contribution is 6.05. The highest BCUT2D eigenvalue weighted by atomic mass is 16.6. The quantitative estimate of drug-likeness (QED) is 0.878. The molecule has 0 unspecified atom stereocenters. The average molecular weight is 343 g/mol. The van der Waals surface area contributed by atoms with Crippen molar-refractivity contribution in [3.05, 3.63) is 36.0 Å². The zero-order valence-electron chi connectivity index (χ0n) is 15.0. The van der Waals surface area contributed by atoms with Crippen molar-refractivity contribution in [2.75, 3.05) is 13.1 Å². The van der Waals surface area contributed by atoms with E-state index < -0.39 is 11.7 Å². The van der Waals surface area contributed by atoms with E-state index in [0.29, 0.717) is 18.7 Å². The molecule has 25 heavy (non-hydrogen) atoms. The third-order valence-electron chi connectivity index (χ3n) is 4.25. The highest BCUT2D eigenvalue weighted by Crippen LogP contribution is 2.21. The molecule has 1 fully saturated rings. The van der Waals surface area contributed by atoms with Gasteiger partial charge in [0, 0.05) is 30.7 Å². The maximum atomic E-state index is 12.9. The van der Waals surface area contributed by atoms with Gasteiger partial charge in [0.2, 0.25) is 0 Å². The van der Waals surface area contributed by atoms with Gasteiger partial charge < -0.3 is 19.9 Å². The summed E-state index contributed by atoms with van der Waals surface area (Å²) in [6.45, 7) is 6.69. The van der Waals surface area contributed by atoms with Crippen molar-refractivity contribution in [3.8, 4) is 0 Å². The van der Waals surface area contributed by atoms with Crippen LogP contribution in [0.15, 0.2) is 30.5 Å². The fourth-order valence-electron chi connectivity index (χ4n) is 3.19. The number of alkyl carbamates (subject to hydrolysis) is 1. The maximum Gasteiger partial charge on any atom is 0.407 e. The van der Waals surface area contributed by atoms with Gasteiger partial charge in [0.15, 0.2) is 0 Å². The summed E-state index contributed by atoms with van der Waals surface area (Å²) in [6.07, 6.45) is 3.10. The third-order valence-corrected chi connectivity index (χ3v) is 4.25. The Bertz CT molecular complexity index is 776. The molecule has 2 aromatic rings. The van der Waals surface area contributed by atoms with Gasteiger partial charge in [0.1, 0.15) is 5.60 Å². The number of likely N-dealkylation sites (tertiary alicyclic amines) is 1. The molecule has 134 valence electrons. The fourth-order valence-corrected chi connectivity index (χ4v) is 3.19. The molecular formula is C19H25N3O3. The van der Waals surface area contributed by atoms with Gasteiger partial charge in [-0.05, 0) is 45.7 Å². The normalized spacial score (nSPS) is 18.2. The lowest BCUT2D eigenvalue weighted by atomic mass is 10.0. The van der Waals surface area contributed by atoms with Crippen LogP contribution in [-0.4, -0.2) is 46.6 Å². The predicted octanol–water partition coefficient (Wildman–Crippen LogP) is 3.30. The number of piperidine rings is 1. The molecule has 3 rings (SSSR count). The van der Waals surface area contributed by atoms with Crippen molar-refractivity contribution in [2.45, 2.75) is 45.3 Å². The number of hydrogen-bond donors (Lipinski definition) is 2. The number of hydrogen-bond acceptors (Lipinski definition) is 3. The second-order valence-electron chi connectivity index (χ2n) is 7.48. The number of H-pyrrole nitrogens is 1. The van der Waals surface area contributed by atoms with Crippen LogP contribution < -0.4 is 5.32 Å². The Morgan fingerprint density at radius 1 is 1.28 bits per heavy atom. The number of nitrogens with one attached hydrogen (secondary N) is 2. The summed E-state index contributed by atoms with van der Waals surface area (Å²) in [7, 11) is 0.